The lowest BCUT2D eigenvalue weighted by atomic mass is 10.1. The molecule has 2 aromatic rings. The molecule has 0 unspecified atom stereocenters. The maximum absolute atomic E-state index is 10.9. The van der Waals surface area contributed by atoms with Crippen molar-refractivity contribution in [2.24, 2.45) is 5.73 Å². The van der Waals surface area contributed by atoms with Gasteiger partial charge in [0.05, 0.1) is 6.42 Å². The number of carbonyl (C=O) groups excluding carboxylic acids is 1. The molecule has 1 fully saturated rings. The van der Waals surface area contributed by atoms with Gasteiger partial charge in [-0.3, -0.25) is 4.79 Å². The zero-order chi connectivity index (χ0) is 14.8. The molecule has 0 spiro atoms. The van der Waals surface area contributed by atoms with Crippen LogP contribution in [0.3, 0.4) is 0 Å². The van der Waals surface area contributed by atoms with Gasteiger partial charge in [0.15, 0.2) is 0 Å². The maximum Gasteiger partial charge on any atom is 0.221 e. The average molecular weight is 303 g/mol. The summed E-state index contributed by atoms with van der Waals surface area (Å²) in [6.45, 7) is 0. The van der Waals surface area contributed by atoms with Crippen LogP contribution in [0.15, 0.2) is 30.3 Å². The predicted octanol–water partition coefficient (Wildman–Crippen LogP) is 2.78. The fourth-order valence-electron chi connectivity index (χ4n) is 2.08. The van der Waals surface area contributed by atoms with E-state index in [4.69, 9.17) is 17.3 Å². The molecule has 1 aliphatic carbocycles. The number of hydrogen-bond acceptors (Lipinski definition) is 4. The van der Waals surface area contributed by atoms with Crippen LogP contribution in [0.5, 0.6) is 0 Å². The van der Waals surface area contributed by atoms with Crippen molar-refractivity contribution in [3.8, 4) is 0 Å². The SMILES string of the molecule is NC(=O)Cc1ccc(Nc2cc(Cl)nc(C3CC3)n2)cc1. The highest BCUT2D eigenvalue weighted by molar-refractivity contribution is 6.29. The molecule has 0 bridgehead atoms. The van der Waals surface area contributed by atoms with Gasteiger partial charge in [0, 0.05) is 17.7 Å². The molecule has 1 aromatic heterocycles. The van der Waals surface area contributed by atoms with Crippen molar-refractivity contribution in [3.05, 3.63) is 46.9 Å². The van der Waals surface area contributed by atoms with E-state index in [1.54, 1.807) is 6.07 Å². The summed E-state index contributed by atoms with van der Waals surface area (Å²) in [4.78, 5) is 19.6. The lowest BCUT2D eigenvalue weighted by Gasteiger charge is -2.08. The minimum Gasteiger partial charge on any atom is -0.369 e. The number of nitrogens with two attached hydrogens (primary N) is 1. The molecule has 6 heteroatoms. The maximum atomic E-state index is 10.9. The smallest absolute Gasteiger partial charge is 0.221 e. The first-order valence-electron chi connectivity index (χ1n) is 6.79. The monoisotopic (exact) mass is 302 g/mol. The molecule has 0 saturated heterocycles. The van der Waals surface area contributed by atoms with E-state index in [9.17, 15) is 4.79 Å². The molecule has 1 aliphatic rings. The van der Waals surface area contributed by atoms with E-state index in [1.165, 1.54) is 0 Å². The Morgan fingerprint density at radius 1 is 1.29 bits per heavy atom. The minimum absolute atomic E-state index is 0.242. The summed E-state index contributed by atoms with van der Waals surface area (Å²) in [5, 5.41) is 3.64. The summed E-state index contributed by atoms with van der Waals surface area (Å²) in [6.07, 6.45) is 2.49. The molecule has 1 saturated carbocycles. The lowest BCUT2D eigenvalue weighted by molar-refractivity contribution is -0.117. The van der Waals surface area contributed by atoms with Gasteiger partial charge in [-0.25, -0.2) is 9.97 Å². The Kier molecular flexibility index (Phi) is 3.75. The summed E-state index contributed by atoms with van der Waals surface area (Å²) in [5.74, 6) is 1.59. The van der Waals surface area contributed by atoms with E-state index >= 15 is 0 Å². The Labute approximate surface area is 127 Å². The highest BCUT2D eigenvalue weighted by Crippen LogP contribution is 2.38. The van der Waals surface area contributed by atoms with Crippen LogP contribution >= 0.6 is 11.6 Å². The number of aromatic nitrogens is 2. The van der Waals surface area contributed by atoms with E-state index < -0.39 is 0 Å². The quantitative estimate of drug-likeness (QED) is 0.832. The van der Waals surface area contributed by atoms with Crippen LogP contribution in [-0.4, -0.2) is 15.9 Å². The van der Waals surface area contributed by atoms with E-state index in [0.29, 0.717) is 16.9 Å². The Hall–Kier alpha value is -2.14. The molecule has 21 heavy (non-hydrogen) atoms. The van der Waals surface area contributed by atoms with Crippen LogP contribution in [0, 0.1) is 0 Å². The molecule has 0 atom stereocenters. The van der Waals surface area contributed by atoms with Crippen LogP contribution in [0.2, 0.25) is 5.15 Å². The molecule has 0 aliphatic heterocycles. The fourth-order valence-corrected chi connectivity index (χ4v) is 2.27. The summed E-state index contributed by atoms with van der Waals surface area (Å²) in [7, 11) is 0. The molecule has 1 aromatic carbocycles. The Morgan fingerprint density at radius 3 is 2.62 bits per heavy atom. The lowest BCUT2D eigenvalue weighted by Crippen LogP contribution is -2.13. The number of hydrogen-bond donors (Lipinski definition) is 2. The van der Waals surface area contributed by atoms with Gasteiger partial charge >= 0.3 is 0 Å². The number of nitrogens with zero attached hydrogens (tertiary/aromatic N) is 2. The van der Waals surface area contributed by atoms with Gasteiger partial charge in [-0.15, -0.1) is 0 Å². The normalized spacial score (nSPS) is 14.0. The average Bonchev–Trinajstić information content (AvgIpc) is 3.24. The van der Waals surface area contributed by atoms with Crippen molar-refractivity contribution >= 4 is 29.0 Å². The van der Waals surface area contributed by atoms with Crippen LogP contribution in [-0.2, 0) is 11.2 Å². The third kappa shape index (κ3) is 3.70. The number of amides is 1. The third-order valence-corrected chi connectivity index (χ3v) is 3.45. The molecule has 5 nitrogen and oxygen atoms in total. The number of benzene rings is 1. The van der Waals surface area contributed by atoms with E-state index in [-0.39, 0.29) is 12.3 Å². The van der Waals surface area contributed by atoms with E-state index in [1.807, 2.05) is 24.3 Å². The second-order valence-corrected chi connectivity index (χ2v) is 5.56. The number of carbonyl (C=O) groups is 1. The highest BCUT2D eigenvalue weighted by Gasteiger charge is 2.27. The van der Waals surface area contributed by atoms with Crippen molar-refractivity contribution in [2.45, 2.75) is 25.2 Å². The number of rotatable bonds is 5. The number of primary amides is 1. The van der Waals surface area contributed by atoms with Gasteiger partial charge < -0.3 is 11.1 Å². The molecule has 108 valence electrons. The first kappa shape index (κ1) is 13.8. The van der Waals surface area contributed by atoms with Crippen molar-refractivity contribution in [2.75, 3.05) is 5.32 Å². The Morgan fingerprint density at radius 2 is 2.00 bits per heavy atom. The van der Waals surface area contributed by atoms with E-state index in [0.717, 1.165) is 29.9 Å². The van der Waals surface area contributed by atoms with Crippen molar-refractivity contribution in [1.29, 1.82) is 0 Å². The Balaban J connectivity index is 1.75. The van der Waals surface area contributed by atoms with Gasteiger partial charge in [0.25, 0.3) is 0 Å². The summed E-state index contributed by atoms with van der Waals surface area (Å²) in [6, 6.07) is 9.18. The standard InChI is InChI=1S/C15H15ClN4O/c16-12-8-14(20-15(19-12)10-3-4-10)18-11-5-1-9(2-6-11)7-13(17)21/h1-2,5-6,8,10H,3-4,7H2,(H2,17,21)(H,18,19,20). The van der Waals surface area contributed by atoms with Gasteiger partial charge in [-0.1, -0.05) is 23.7 Å². The van der Waals surface area contributed by atoms with Crippen molar-refractivity contribution < 1.29 is 4.79 Å². The molecule has 1 heterocycles. The fraction of sp³-hybridized carbons (Fsp3) is 0.267. The molecule has 3 rings (SSSR count). The second-order valence-electron chi connectivity index (χ2n) is 5.17. The molecule has 3 N–H and O–H groups in total. The number of nitrogens with one attached hydrogen (secondary N) is 1. The number of anilines is 2. The predicted molar refractivity (Wildman–Crippen MR) is 81.6 cm³/mol. The molecular formula is C15H15ClN4O. The molecule has 1 amide bonds. The third-order valence-electron chi connectivity index (χ3n) is 3.26. The van der Waals surface area contributed by atoms with E-state index in [2.05, 4.69) is 15.3 Å². The minimum atomic E-state index is -0.340. The topological polar surface area (TPSA) is 80.9 Å². The van der Waals surface area contributed by atoms with Gasteiger partial charge in [0.2, 0.25) is 5.91 Å². The first-order chi connectivity index (χ1) is 10.1. The van der Waals surface area contributed by atoms with Crippen LogP contribution in [0.4, 0.5) is 11.5 Å². The molecular weight excluding hydrogens is 288 g/mol. The van der Waals surface area contributed by atoms with Crippen LogP contribution in [0.1, 0.15) is 30.1 Å². The number of halogens is 1. The van der Waals surface area contributed by atoms with Crippen molar-refractivity contribution in [3.63, 3.8) is 0 Å². The first-order valence-corrected chi connectivity index (χ1v) is 7.17. The van der Waals surface area contributed by atoms with Gasteiger partial charge in [-0.2, -0.15) is 0 Å². The largest absolute Gasteiger partial charge is 0.369 e. The summed E-state index contributed by atoms with van der Waals surface area (Å²) >= 11 is 6.03. The summed E-state index contributed by atoms with van der Waals surface area (Å²) < 4.78 is 0. The zero-order valence-electron chi connectivity index (χ0n) is 11.3. The van der Waals surface area contributed by atoms with Crippen LogP contribution in [0.25, 0.3) is 0 Å². The molecule has 0 radical (unpaired) electrons. The second kappa shape index (κ2) is 5.69. The highest BCUT2D eigenvalue weighted by atomic mass is 35.5. The van der Waals surface area contributed by atoms with Crippen molar-refractivity contribution in [1.82, 2.24) is 9.97 Å². The van der Waals surface area contributed by atoms with Crippen LogP contribution < -0.4 is 11.1 Å². The van der Waals surface area contributed by atoms with Gasteiger partial charge in [-0.05, 0) is 30.5 Å². The van der Waals surface area contributed by atoms with Gasteiger partial charge in [0.1, 0.15) is 16.8 Å². The summed E-state index contributed by atoms with van der Waals surface area (Å²) in [5.41, 5.74) is 6.92. The Bertz CT molecular complexity index is 668. The zero-order valence-corrected chi connectivity index (χ0v) is 12.1.